The average molecular weight is 257 g/mol. The zero-order chi connectivity index (χ0) is 12.9. The Labute approximate surface area is 103 Å². The maximum atomic E-state index is 11.5. The highest BCUT2D eigenvalue weighted by Gasteiger charge is 2.12. The third-order valence-corrected chi connectivity index (χ3v) is 3.71. The largest absolute Gasteiger partial charge is 0.393 e. The van der Waals surface area contributed by atoms with Crippen LogP contribution >= 0.6 is 0 Å². The van der Waals surface area contributed by atoms with Gasteiger partial charge in [-0.2, -0.15) is 0 Å². The number of benzene rings is 1. The third kappa shape index (κ3) is 4.36. The van der Waals surface area contributed by atoms with E-state index in [2.05, 4.69) is 5.32 Å². The number of hydrogen-bond acceptors (Lipinski definition) is 4. The van der Waals surface area contributed by atoms with Crippen molar-refractivity contribution in [2.24, 2.45) is 0 Å². The van der Waals surface area contributed by atoms with Crippen molar-refractivity contribution in [2.75, 3.05) is 18.1 Å². The molecule has 1 rings (SSSR count). The number of rotatable bonds is 6. The van der Waals surface area contributed by atoms with Crippen LogP contribution in [0.1, 0.15) is 19.8 Å². The fraction of sp³-hybridized carbons (Fsp3) is 0.500. The van der Waals surface area contributed by atoms with Crippen LogP contribution in [-0.4, -0.2) is 32.4 Å². The standard InChI is InChI=1S/C12H19NO3S/c1-3-10(14)8-9-13-11-6-4-5-7-12(11)17(2,15)16/h4-7,10,13-14H,3,8-9H2,1-2H3. The van der Waals surface area contributed by atoms with Gasteiger partial charge in [0.15, 0.2) is 9.84 Å². The molecule has 0 amide bonds. The molecule has 0 aliphatic carbocycles. The second kappa shape index (κ2) is 6.02. The van der Waals surface area contributed by atoms with Gasteiger partial charge in [0.1, 0.15) is 0 Å². The first kappa shape index (κ1) is 14.0. The van der Waals surface area contributed by atoms with Crippen LogP contribution in [0.25, 0.3) is 0 Å². The van der Waals surface area contributed by atoms with Crippen molar-refractivity contribution in [3.8, 4) is 0 Å². The molecule has 0 saturated heterocycles. The van der Waals surface area contributed by atoms with Crippen LogP contribution in [0, 0.1) is 0 Å². The van der Waals surface area contributed by atoms with Crippen molar-refractivity contribution < 1.29 is 13.5 Å². The molecule has 0 bridgehead atoms. The summed E-state index contributed by atoms with van der Waals surface area (Å²) in [6.07, 6.45) is 2.16. The van der Waals surface area contributed by atoms with E-state index in [1.165, 1.54) is 6.26 Å². The van der Waals surface area contributed by atoms with Gasteiger partial charge in [0.2, 0.25) is 0 Å². The van der Waals surface area contributed by atoms with E-state index in [9.17, 15) is 13.5 Å². The number of hydrogen-bond donors (Lipinski definition) is 2. The van der Waals surface area contributed by atoms with Gasteiger partial charge in [-0.1, -0.05) is 19.1 Å². The predicted molar refractivity (Wildman–Crippen MR) is 69.0 cm³/mol. The normalized spacial score (nSPS) is 13.4. The summed E-state index contributed by atoms with van der Waals surface area (Å²) in [6.45, 7) is 2.47. The van der Waals surface area contributed by atoms with Crippen molar-refractivity contribution >= 4 is 15.5 Å². The number of aliphatic hydroxyl groups is 1. The summed E-state index contributed by atoms with van der Waals surface area (Å²) in [5, 5.41) is 12.5. The molecule has 4 nitrogen and oxygen atoms in total. The Kier molecular flexibility index (Phi) is 4.96. The average Bonchev–Trinajstić information content (AvgIpc) is 2.28. The summed E-state index contributed by atoms with van der Waals surface area (Å²) >= 11 is 0. The lowest BCUT2D eigenvalue weighted by atomic mass is 10.2. The molecule has 0 fully saturated rings. The Hall–Kier alpha value is -1.07. The fourth-order valence-electron chi connectivity index (χ4n) is 1.51. The van der Waals surface area contributed by atoms with E-state index in [0.717, 1.165) is 0 Å². The van der Waals surface area contributed by atoms with Gasteiger partial charge in [-0.15, -0.1) is 0 Å². The molecular formula is C12H19NO3S. The molecule has 1 aromatic carbocycles. The molecule has 1 atom stereocenters. The minimum atomic E-state index is -3.21. The van der Waals surface area contributed by atoms with Crippen LogP contribution in [-0.2, 0) is 9.84 Å². The molecule has 17 heavy (non-hydrogen) atoms. The predicted octanol–water partition coefficient (Wildman–Crippen LogP) is 1.66. The molecule has 0 saturated carbocycles. The highest BCUT2D eigenvalue weighted by Crippen LogP contribution is 2.20. The molecule has 2 N–H and O–H groups in total. The maximum Gasteiger partial charge on any atom is 0.177 e. The van der Waals surface area contributed by atoms with Crippen molar-refractivity contribution in [1.29, 1.82) is 0 Å². The molecule has 0 radical (unpaired) electrons. The second-order valence-corrected chi connectivity index (χ2v) is 6.03. The Bertz CT molecular complexity index is 457. The van der Waals surface area contributed by atoms with Gasteiger partial charge >= 0.3 is 0 Å². The van der Waals surface area contributed by atoms with Crippen LogP contribution in [0.15, 0.2) is 29.2 Å². The zero-order valence-electron chi connectivity index (χ0n) is 10.2. The van der Waals surface area contributed by atoms with Crippen molar-refractivity contribution in [1.82, 2.24) is 0 Å². The number of nitrogens with one attached hydrogen (secondary N) is 1. The van der Waals surface area contributed by atoms with Crippen LogP contribution in [0.3, 0.4) is 0 Å². The van der Waals surface area contributed by atoms with Crippen LogP contribution < -0.4 is 5.32 Å². The third-order valence-electron chi connectivity index (χ3n) is 2.55. The Balaban J connectivity index is 2.72. The molecule has 1 aromatic rings. The van der Waals surface area contributed by atoms with Gasteiger partial charge in [0, 0.05) is 12.8 Å². The van der Waals surface area contributed by atoms with E-state index < -0.39 is 9.84 Å². The summed E-state index contributed by atoms with van der Waals surface area (Å²) in [5.74, 6) is 0. The first-order chi connectivity index (χ1) is 7.95. The van der Waals surface area contributed by atoms with E-state index in [1.807, 2.05) is 6.92 Å². The molecular weight excluding hydrogens is 238 g/mol. The van der Waals surface area contributed by atoms with Gasteiger partial charge in [0.05, 0.1) is 16.7 Å². The molecule has 5 heteroatoms. The zero-order valence-corrected chi connectivity index (χ0v) is 11.0. The fourth-order valence-corrected chi connectivity index (χ4v) is 2.38. The topological polar surface area (TPSA) is 66.4 Å². The molecule has 1 unspecified atom stereocenters. The minimum absolute atomic E-state index is 0.297. The first-order valence-corrected chi connectivity index (χ1v) is 7.55. The van der Waals surface area contributed by atoms with Crippen molar-refractivity contribution in [3.63, 3.8) is 0 Å². The molecule has 0 aromatic heterocycles. The van der Waals surface area contributed by atoms with Crippen LogP contribution in [0.2, 0.25) is 0 Å². The smallest absolute Gasteiger partial charge is 0.177 e. The molecule has 0 spiro atoms. The Morgan fingerprint density at radius 3 is 2.59 bits per heavy atom. The second-order valence-electron chi connectivity index (χ2n) is 4.05. The van der Waals surface area contributed by atoms with E-state index in [-0.39, 0.29) is 6.10 Å². The molecule has 96 valence electrons. The SMILES string of the molecule is CCC(O)CCNc1ccccc1S(C)(=O)=O. The Morgan fingerprint density at radius 2 is 2.00 bits per heavy atom. The maximum absolute atomic E-state index is 11.5. The number of anilines is 1. The summed E-state index contributed by atoms with van der Waals surface area (Å²) in [7, 11) is -3.21. The van der Waals surface area contributed by atoms with Gasteiger partial charge in [0.25, 0.3) is 0 Å². The highest BCUT2D eigenvalue weighted by molar-refractivity contribution is 7.90. The lowest BCUT2D eigenvalue weighted by molar-refractivity contribution is 0.164. The lowest BCUT2D eigenvalue weighted by Gasteiger charge is -2.12. The molecule has 0 heterocycles. The van der Waals surface area contributed by atoms with Crippen LogP contribution in [0.5, 0.6) is 0 Å². The van der Waals surface area contributed by atoms with Crippen LogP contribution in [0.4, 0.5) is 5.69 Å². The summed E-state index contributed by atoms with van der Waals surface area (Å²) in [5.41, 5.74) is 0.596. The van der Waals surface area contributed by atoms with E-state index in [0.29, 0.717) is 30.0 Å². The molecule has 0 aliphatic heterocycles. The van der Waals surface area contributed by atoms with Gasteiger partial charge in [-0.05, 0) is 25.0 Å². The summed E-state index contributed by atoms with van der Waals surface area (Å²) in [4.78, 5) is 0.297. The van der Waals surface area contributed by atoms with Gasteiger partial charge < -0.3 is 10.4 Å². The van der Waals surface area contributed by atoms with Gasteiger partial charge in [-0.3, -0.25) is 0 Å². The van der Waals surface area contributed by atoms with E-state index >= 15 is 0 Å². The summed E-state index contributed by atoms with van der Waals surface area (Å²) in [6, 6.07) is 6.79. The van der Waals surface area contributed by atoms with Gasteiger partial charge in [-0.25, -0.2) is 8.42 Å². The molecule has 0 aliphatic rings. The quantitative estimate of drug-likeness (QED) is 0.813. The number of sulfone groups is 1. The number of para-hydroxylation sites is 1. The summed E-state index contributed by atoms with van der Waals surface area (Å²) < 4.78 is 23.0. The van der Waals surface area contributed by atoms with Crippen molar-refractivity contribution in [3.05, 3.63) is 24.3 Å². The van der Waals surface area contributed by atoms with E-state index in [1.54, 1.807) is 24.3 Å². The monoisotopic (exact) mass is 257 g/mol. The lowest BCUT2D eigenvalue weighted by Crippen LogP contribution is -2.13. The minimum Gasteiger partial charge on any atom is -0.393 e. The first-order valence-electron chi connectivity index (χ1n) is 5.66. The highest BCUT2D eigenvalue weighted by atomic mass is 32.2. The van der Waals surface area contributed by atoms with Crippen molar-refractivity contribution in [2.45, 2.75) is 30.8 Å². The number of aliphatic hydroxyl groups excluding tert-OH is 1. The van der Waals surface area contributed by atoms with E-state index in [4.69, 9.17) is 0 Å². The Morgan fingerprint density at radius 1 is 1.35 bits per heavy atom.